The summed E-state index contributed by atoms with van der Waals surface area (Å²) in [7, 11) is 0. The number of nitrogens with zero attached hydrogens (tertiary/aromatic N) is 1. The molecule has 1 atom stereocenters. The first kappa shape index (κ1) is 6.33. The first-order valence-electron chi connectivity index (χ1n) is 3.17. The molecule has 1 heterocycles. The fourth-order valence-corrected chi connectivity index (χ4v) is 1.00. The number of hydrogen-bond donors (Lipinski definition) is 0. The Kier molecular flexibility index (Phi) is 1.88. The molecule has 1 amide bonds. The minimum absolute atomic E-state index is 0.0647. The maximum absolute atomic E-state index is 10.7. The van der Waals surface area contributed by atoms with Gasteiger partial charge in [0.15, 0.2) is 0 Å². The van der Waals surface area contributed by atoms with Crippen LogP contribution >= 0.6 is 0 Å². The maximum atomic E-state index is 10.7. The van der Waals surface area contributed by atoms with E-state index < -0.39 is 0 Å². The Balaban J connectivity index is 2.39. The Morgan fingerprint density at radius 2 is 2.67 bits per heavy atom. The quantitative estimate of drug-likeness (QED) is 0.499. The molecule has 49 valence electrons. The summed E-state index contributed by atoms with van der Waals surface area (Å²) in [5, 5.41) is 3.75. The van der Waals surface area contributed by atoms with Crippen LogP contribution in [0.3, 0.4) is 0 Å². The normalized spacial score (nSPS) is 25.8. The van der Waals surface area contributed by atoms with Crippen LogP contribution in [0.25, 0.3) is 0 Å². The van der Waals surface area contributed by atoms with Crippen molar-refractivity contribution in [1.29, 1.82) is 0 Å². The summed E-state index contributed by atoms with van der Waals surface area (Å²) in [4.78, 5) is 10.7. The molecule has 0 bridgehead atoms. The van der Waals surface area contributed by atoms with Crippen molar-refractivity contribution in [3.8, 4) is 0 Å². The molecule has 0 aromatic heterocycles. The van der Waals surface area contributed by atoms with Gasteiger partial charge in [-0.05, 0) is 12.8 Å². The van der Waals surface area contributed by atoms with Gasteiger partial charge in [0, 0.05) is 12.5 Å². The molecule has 1 aliphatic rings. The van der Waals surface area contributed by atoms with Gasteiger partial charge in [-0.3, -0.25) is 10.1 Å². The van der Waals surface area contributed by atoms with Crippen molar-refractivity contribution in [2.24, 2.45) is 5.92 Å². The fourth-order valence-electron chi connectivity index (χ4n) is 1.00. The number of hydrogen-bond acceptors (Lipinski definition) is 1. The average molecular weight is 124 g/mol. The number of amides is 1. The van der Waals surface area contributed by atoms with Gasteiger partial charge in [-0.2, -0.15) is 0 Å². The van der Waals surface area contributed by atoms with Crippen molar-refractivity contribution < 1.29 is 4.79 Å². The molecule has 0 spiro atoms. The van der Waals surface area contributed by atoms with Gasteiger partial charge in [0.05, 0.1) is 0 Å². The lowest BCUT2D eigenvalue weighted by atomic mass is 10.1. The van der Waals surface area contributed by atoms with E-state index in [1.165, 1.54) is 0 Å². The monoisotopic (exact) mass is 124 g/mol. The van der Waals surface area contributed by atoms with Crippen LogP contribution in [0.4, 0.5) is 0 Å². The van der Waals surface area contributed by atoms with E-state index in [1.54, 1.807) is 6.08 Å². The van der Waals surface area contributed by atoms with Gasteiger partial charge in [0.25, 0.3) is 0 Å². The second-order valence-corrected chi connectivity index (χ2v) is 2.23. The average Bonchev–Trinajstić information content (AvgIpc) is 2.18. The second-order valence-electron chi connectivity index (χ2n) is 2.23. The van der Waals surface area contributed by atoms with Gasteiger partial charge in [-0.25, -0.2) is 0 Å². The van der Waals surface area contributed by atoms with Crippen molar-refractivity contribution >= 4 is 5.91 Å². The van der Waals surface area contributed by atoms with Gasteiger partial charge in [0.1, 0.15) is 0 Å². The molecule has 0 aromatic carbocycles. The van der Waals surface area contributed by atoms with E-state index in [2.05, 4.69) is 11.9 Å². The second kappa shape index (κ2) is 2.67. The lowest BCUT2D eigenvalue weighted by molar-refractivity contribution is -0.122. The smallest absolute Gasteiger partial charge is 0.244 e. The summed E-state index contributed by atoms with van der Waals surface area (Å²) < 4.78 is 0. The zero-order valence-corrected chi connectivity index (χ0v) is 5.34. The van der Waals surface area contributed by atoms with E-state index in [-0.39, 0.29) is 11.8 Å². The largest absolute Gasteiger partial charge is 0.273 e. The van der Waals surface area contributed by atoms with Crippen molar-refractivity contribution in [1.82, 2.24) is 5.32 Å². The fraction of sp³-hybridized carbons (Fsp3) is 0.571. The summed E-state index contributed by atoms with van der Waals surface area (Å²) in [5.41, 5.74) is 0. The topological polar surface area (TPSA) is 31.2 Å². The highest BCUT2D eigenvalue weighted by molar-refractivity contribution is 5.80. The van der Waals surface area contributed by atoms with Gasteiger partial charge in [-0.1, -0.05) is 6.08 Å². The van der Waals surface area contributed by atoms with Crippen molar-refractivity contribution in [2.45, 2.75) is 12.8 Å². The zero-order chi connectivity index (χ0) is 6.69. The number of allylic oxidation sites excluding steroid dienone is 1. The minimum Gasteiger partial charge on any atom is -0.273 e. The molecule has 2 nitrogen and oxygen atoms in total. The predicted octanol–water partition coefficient (Wildman–Crippen LogP) is 0.713. The molecule has 2 heteroatoms. The van der Waals surface area contributed by atoms with Crippen LogP contribution in [0.1, 0.15) is 12.8 Å². The maximum Gasteiger partial charge on any atom is 0.244 e. The van der Waals surface area contributed by atoms with Crippen LogP contribution in [0.5, 0.6) is 0 Å². The molecule has 0 aromatic rings. The third kappa shape index (κ3) is 1.31. The van der Waals surface area contributed by atoms with Crippen LogP contribution in [-0.4, -0.2) is 12.5 Å². The Morgan fingerprint density at radius 1 is 1.89 bits per heavy atom. The molecule has 0 aliphatic carbocycles. The van der Waals surface area contributed by atoms with Crippen LogP contribution in [-0.2, 0) is 4.79 Å². The summed E-state index contributed by atoms with van der Waals surface area (Å²) >= 11 is 0. The molecular weight excluding hydrogens is 114 g/mol. The van der Waals surface area contributed by atoms with Gasteiger partial charge < -0.3 is 0 Å². The molecule has 1 radical (unpaired) electrons. The van der Waals surface area contributed by atoms with E-state index in [9.17, 15) is 4.79 Å². The molecular formula is C7H10NO. The van der Waals surface area contributed by atoms with E-state index in [4.69, 9.17) is 0 Å². The Hall–Kier alpha value is -0.790. The summed E-state index contributed by atoms with van der Waals surface area (Å²) in [5.74, 6) is 0.220. The van der Waals surface area contributed by atoms with Crippen molar-refractivity contribution in [2.75, 3.05) is 6.54 Å². The number of carbonyl (C=O) groups excluding carboxylic acids is 1. The van der Waals surface area contributed by atoms with Gasteiger partial charge in [-0.15, -0.1) is 6.58 Å². The first-order chi connectivity index (χ1) is 4.34. The lowest BCUT2D eigenvalue weighted by Crippen LogP contribution is -2.11. The van der Waals surface area contributed by atoms with Crippen LogP contribution < -0.4 is 5.32 Å². The molecule has 1 aliphatic heterocycles. The Morgan fingerprint density at radius 3 is 3.11 bits per heavy atom. The molecule has 9 heavy (non-hydrogen) atoms. The van der Waals surface area contributed by atoms with E-state index in [1.807, 2.05) is 0 Å². The highest BCUT2D eigenvalue weighted by Crippen LogP contribution is 2.14. The third-order valence-corrected chi connectivity index (χ3v) is 1.55. The van der Waals surface area contributed by atoms with Crippen LogP contribution in [0.2, 0.25) is 0 Å². The molecule has 1 saturated heterocycles. The predicted molar refractivity (Wildman–Crippen MR) is 34.9 cm³/mol. The molecule has 1 rings (SSSR count). The Bertz CT molecular complexity index is 131. The molecule has 1 fully saturated rings. The molecule has 1 unspecified atom stereocenters. The number of rotatable bonds is 2. The standard InChI is InChI=1S/C7H10NO/c1-2-3-6-4-5-8-7(6)9/h2,6H,1,3-5H2. The minimum atomic E-state index is 0.0647. The van der Waals surface area contributed by atoms with E-state index in [0.29, 0.717) is 0 Å². The SMILES string of the molecule is C=CCC1CC[N]C1=O. The van der Waals surface area contributed by atoms with E-state index in [0.717, 1.165) is 19.4 Å². The van der Waals surface area contributed by atoms with Gasteiger partial charge in [0.2, 0.25) is 5.91 Å². The third-order valence-electron chi connectivity index (χ3n) is 1.55. The zero-order valence-electron chi connectivity index (χ0n) is 5.34. The Labute approximate surface area is 54.9 Å². The van der Waals surface area contributed by atoms with Crippen molar-refractivity contribution in [3.63, 3.8) is 0 Å². The molecule has 0 N–H and O–H groups in total. The summed E-state index contributed by atoms with van der Waals surface area (Å²) in [6.07, 6.45) is 3.50. The number of carbonyl (C=O) groups is 1. The first-order valence-corrected chi connectivity index (χ1v) is 3.17. The van der Waals surface area contributed by atoms with Gasteiger partial charge >= 0.3 is 0 Å². The lowest BCUT2D eigenvalue weighted by Gasteiger charge is -1.97. The van der Waals surface area contributed by atoms with E-state index >= 15 is 0 Å². The van der Waals surface area contributed by atoms with Crippen LogP contribution in [0.15, 0.2) is 12.7 Å². The van der Waals surface area contributed by atoms with Crippen molar-refractivity contribution in [3.05, 3.63) is 12.7 Å². The summed E-state index contributed by atoms with van der Waals surface area (Å²) in [6, 6.07) is 0. The summed E-state index contributed by atoms with van der Waals surface area (Å²) in [6.45, 7) is 4.28. The van der Waals surface area contributed by atoms with Crippen LogP contribution in [0, 0.1) is 5.92 Å². The highest BCUT2D eigenvalue weighted by atomic mass is 16.2. The highest BCUT2D eigenvalue weighted by Gasteiger charge is 2.23. The molecule has 0 saturated carbocycles.